The van der Waals surface area contributed by atoms with Crippen LogP contribution in [-0.4, -0.2) is 40.9 Å². The summed E-state index contributed by atoms with van der Waals surface area (Å²) in [4.78, 5) is 11.8. The molecule has 1 atom stereocenters. The highest BCUT2D eigenvalue weighted by Gasteiger charge is 2.34. The van der Waals surface area contributed by atoms with Gasteiger partial charge in [-0.25, -0.2) is 14.8 Å². The van der Waals surface area contributed by atoms with Crippen molar-refractivity contribution in [2.45, 2.75) is 19.4 Å². The maximum Gasteiger partial charge on any atom is 0.351 e. The molecule has 88 valence electrons. The molecule has 1 heterocycles. The van der Waals surface area contributed by atoms with Gasteiger partial charge in [0.25, 0.3) is 0 Å². The lowest BCUT2D eigenvalue weighted by molar-refractivity contribution is 0.165. The van der Waals surface area contributed by atoms with Crippen molar-refractivity contribution in [2.24, 2.45) is 0 Å². The second-order valence-electron chi connectivity index (χ2n) is 3.96. The summed E-state index contributed by atoms with van der Waals surface area (Å²) in [5, 5.41) is 12.2. The van der Waals surface area contributed by atoms with Crippen LogP contribution in [0.5, 0.6) is 0 Å². The highest BCUT2D eigenvalue weighted by Crippen LogP contribution is 2.24. The molecular weight excluding hydrogens is 208 g/mol. The van der Waals surface area contributed by atoms with Crippen LogP contribution in [-0.2, 0) is 0 Å². The van der Waals surface area contributed by atoms with Crippen LogP contribution in [0, 0.1) is 0 Å². The molecule has 0 bridgehead atoms. The fourth-order valence-corrected chi connectivity index (χ4v) is 1.97. The average molecular weight is 224 g/mol. The van der Waals surface area contributed by atoms with E-state index in [2.05, 4.69) is 11.1 Å². The van der Waals surface area contributed by atoms with E-state index in [1.54, 1.807) is 7.05 Å². The third kappa shape index (κ3) is 1.71. The summed E-state index contributed by atoms with van der Waals surface area (Å²) < 4.78 is 0. The van der Waals surface area contributed by atoms with E-state index in [4.69, 9.17) is 0 Å². The van der Waals surface area contributed by atoms with Crippen molar-refractivity contribution in [3.05, 3.63) is 23.3 Å². The fourth-order valence-electron chi connectivity index (χ4n) is 1.97. The standard InChI is InChI=1S/C10H16N4O2/c1-7-4-3-5-9(8(7)6-15)14-10(16)13(2)11-12-14/h3-4,9,11-12,15H,5-6H2,1-2H3. The zero-order chi connectivity index (χ0) is 11.7. The summed E-state index contributed by atoms with van der Waals surface area (Å²) in [6, 6.07) is -0.279. The Balaban J connectivity index is 2.22. The van der Waals surface area contributed by atoms with Crippen molar-refractivity contribution >= 4 is 6.03 Å². The van der Waals surface area contributed by atoms with E-state index in [9.17, 15) is 9.90 Å². The highest BCUT2D eigenvalue weighted by atomic mass is 16.3. The molecule has 6 heteroatoms. The first-order chi connectivity index (χ1) is 7.65. The van der Waals surface area contributed by atoms with Gasteiger partial charge >= 0.3 is 6.03 Å². The predicted molar refractivity (Wildman–Crippen MR) is 58.6 cm³/mol. The first-order valence-electron chi connectivity index (χ1n) is 5.20. The minimum atomic E-state index is -0.154. The topological polar surface area (TPSA) is 67.8 Å². The molecule has 3 N–H and O–H groups in total. The number of aliphatic hydroxyl groups excluding tert-OH is 1. The number of urea groups is 1. The molecule has 2 rings (SSSR count). The molecule has 2 aliphatic rings. The van der Waals surface area contributed by atoms with Gasteiger partial charge in [-0.3, -0.25) is 0 Å². The summed E-state index contributed by atoms with van der Waals surface area (Å²) in [5.41, 5.74) is 7.39. The molecule has 0 aromatic rings. The average Bonchev–Trinajstić information content (AvgIpc) is 2.59. The summed E-state index contributed by atoms with van der Waals surface area (Å²) in [7, 11) is 1.64. The number of carbonyl (C=O) groups is 1. The molecule has 0 saturated carbocycles. The van der Waals surface area contributed by atoms with Crippen LogP contribution >= 0.6 is 0 Å². The molecule has 1 unspecified atom stereocenters. The molecule has 1 aliphatic carbocycles. The van der Waals surface area contributed by atoms with Crippen molar-refractivity contribution in [3.8, 4) is 0 Å². The van der Waals surface area contributed by atoms with Crippen LogP contribution in [0.25, 0.3) is 0 Å². The molecule has 1 aliphatic heterocycles. The van der Waals surface area contributed by atoms with Crippen LogP contribution in [0.2, 0.25) is 0 Å². The van der Waals surface area contributed by atoms with Crippen molar-refractivity contribution < 1.29 is 9.90 Å². The number of hydrazine groups is 3. The van der Waals surface area contributed by atoms with Crippen LogP contribution in [0.4, 0.5) is 4.79 Å². The second-order valence-corrected chi connectivity index (χ2v) is 3.96. The smallest absolute Gasteiger partial charge is 0.351 e. The molecule has 0 spiro atoms. The number of carbonyl (C=O) groups excluding carboxylic acids is 1. The van der Waals surface area contributed by atoms with E-state index in [0.717, 1.165) is 11.1 Å². The first-order valence-corrected chi connectivity index (χ1v) is 5.20. The summed E-state index contributed by atoms with van der Waals surface area (Å²) in [6.07, 6.45) is 4.69. The largest absolute Gasteiger partial charge is 0.392 e. The lowest BCUT2D eigenvalue weighted by Gasteiger charge is -2.29. The Morgan fingerprint density at radius 2 is 2.31 bits per heavy atom. The van der Waals surface area contributed by atoms with Gasteiger partial charge < -0.3 is 5.11 Å². The lowest BCUT2D eigenvalue weighted by Crippen LogP contribution is -2.47. The summed E-state index contributed by atoms with van der Waals surface area (Å²) in [6.45, 7) is 1.90. The Morgan fingerprint density at radius 1 is 1.56 bits per heavy atom. The van der Waals surface area contributed by atoms with Crippen LogP contribution in [0.3, 0.4) is 0 Å². The molecule has 6 nitrogen and oxygen atoms in total. The van der Waals surface area contributed by atoms with Gasteiger partial charge in [-0.15, -0.1) is 11.1 Å². The SMILES string of the molecule is CC1=C(CO)C(N2NNN(C)C2=O)CC=C1. The van der Waals surface area contributed by atoms with Gasteiger partial charge in [-0.2, -0.15) is 0 Å². The number of allylic oxidation sites excluding steroid dienone is 2. The second kappa shape index (κ2) is 4.25. The van der Waals surface area contributed by atoms with Gasteiger partial charge in [-0.05, 0) is 24.5 Å². The monoisotopic (exact) mass is 224 g/mol. The van der Waals surface area contributed by atoms with E-state index >= 15 is 0 Å². The maximum atomic E-state index is 11.8. The minimum absolute atomic E-state index is 0.0317. The Bertz CT molecular complexity index is 364. The van der Waals surface area contributed by atoms with E-state index in [-0.39, 0.29) is 18.7 Å². The molecule has 1 fully saturated rings. The van der Waals surface area contributed by atoms with Crippen molar-refractivity contribution in [3.63, 3.8) is 0 Å². The van der Waals surface area contributed by atoms with Gasteiger partial charge in [0.05, 0.1) is 12.6 Å². The fraction of sp³-hybridized carbons (Fsp3) is 0.500. The number of hydrogen-bond acceptors (Lipinski definition) is 4. The third-order valence-electron chi connectivity index (χ3n) is 2.95. The first kappa shape index (κ1) is 11.1. The Labute approximate surface area is 94.1 Å². The number of nitrogens with zero attached hydrogens (tertiary/aromatic N) is 2. The summed E-state index contributed by atoms with van der Waals surface area (Å²) >= 11 is 0. The molecule has 16 heavy (non-hydrogen) atoms. The number of nitrogens with one attached hydrogen (secondary N) is 2. The van der Waals surface area contributed by atoms with Crippen molar-refractivity contribution in [1.29, 1.82) is 0 Å². The number of hydrogen-bond donors (Lipinski definition) is 3. The van der Waals surface area contributed by atoms with Gasteiger partial charge in [0, 0.05) is 7.05 Å². The maximum absolute atomic E-state index is 11.8. The van der Waals surface area contributed by atoms with E-state index in [0.29, 0.717) is 6.42 Å². The Hall–Kier alpha value is -1.37. The van der Waals surface area contributed by atoms with E-state index in [1.807, 2.05) is 19.1 Å². The van der Waals surface area contributed by atoms with Crippen molar-refractivity contribution in [2.75, 3.05) is 13.7 Å². The Kier molecular flexibility index (Phi) is 2.95. The molecule has 0 aromatic heterocycles. The van der Waals surface area contributed by atoms with Crippen molar-refractivity contribution in [1.82, 2.24) is 21.1 Å². The van der Waals surface area contributed by atoms with Gasteiger partial charge in [0.2, 0.25) is 0 Å². The summed E-state index contributed by atoms with van der Waals surface area (Å²) in [5.74, 6) is 0. The van der Waals surface area contributed by atoms with Gasteiger partial charge in [0.15, 0.2) is 0 Å². The zero-order valence-corrected chi connectivity index (χ0v) is 9.40. The number of rotatable bonds is 2. The third-order valence-corrected chi connectivity index (χ3v) is 2.95. The zero-order valence-electron chi connectivity index (χ0n) is 9.40. The number of amides is 2. The molecule has 0 radical (unpaired) electrons. The van der Waals surface area contributed by atoms with Gasteiger partial charge in [0.1, 0.15) is 0 Å². The predicted octanol–water partition coefficient (Wildman–Crippen LogP) is -0.0847. The molecule has 2 amide bonds. The van der Waals surface area contributed by atoms with Crippen LogP contribution < -0.4 is 11.1 Å². The van der Waals surface area contributed by atoms with Crippen LogP contribution in [0.15, 0.2) is 23.3 Å². The van der Waals surface area contributed by atoms with Gasteiger partial charge in [-0.1, -0.05) is 12.2 Å². The molecule has 1 saturated heterocycles. The highest BCUT2D eigenvalue weighted by molar-refractivity contribution is 5.75. The molecular formula is C10H16N4O2. The quantitative estimate of drug-likeness (QED) is 0.613. The Morgan fingerprint density at radius 3 is 2.88 bits per heavy atom. The molecule has 0 aromatic carbocycles. The van der Waals surface area contributed by atoms with E-state index < -0.39 is 0 Å². The minimum Gasteiger partial charge on any atom is -0.392 e. The number of aliphatic hydroxyl groups is 1. The van der Waals surface area contributed by atoms with Crippen LogP contribution in [0.1, 0.15) is 13.3 Å². The van der Waals surface area contributed by atoms with E-state index in [1.165, 1.54) is 10.0 Å². The lowest BCUT2D eigenvalue weighted by atomic mass is 9.94. The normalized spacial score (nSPS) is 25.9.